The number of rotatable bonds is 3. The highest BCUT2D eigenvalue weighted by Crippen LogP contribution is 2.29. The standard InChI is InChI=1S/C17H13ClFN5O/c1-9-12-5-21-15(18)4-11(12)13(6-20-9)16-22-17-14(19)3-10(8-25-2)7-24(17)23-16/h3-7H,8H2,1-2H3. The molecule has 0 aliphatic heterocycles. The van der Waals surface area contributed by atoms with Crippen molar-refractivity contribution in [3.05, 3.63) is 53.0 Å². The van der Waals surface area contributed by atoms with Crippen molar-refractivity contribution in [1.82, 2.24) is 24.6 Å². The van der Waals surface area contributed by atoms with Gasteiger partial charge in [-0.1, -0.05) is 11.6 Å². The molecule has 8 heteroatoms. The largest absolute Gasteiger partial charge is 0.380 e. The maximum absolute atomic E-state index is 14.3. The Morgan fingerprint density at radius 3 is 2.84 bits per heavy atom. The minimum atomic E-state index is -0.461. The Labute approximate surface area is 147 Å². The third kappa shape index (κ3) is 2.71. The number of fused-ring (bicyclic) bond motifs is 2. The van der Waals surface area contributed by atoms with E-state index < -0.39 is 5.82 Å². The van der Waals surface area contributed by atoms with Gasteiger partial charge in [0.2, 0.25) is 0 Å². The van der Waals surface area contributed by atoms with E-state index in [0.29, 0.717) is 28.7 Å². The highest BCUT2D eigenvalue weighted by atomic mass is 35.5. The van der Waals surface area contributed by atoms with Crippen LogP contribution in [0.5, 0.6) is 0 Å². The average molecular weight is 358 g/mol. The van der Waals surface area contributed by atoms with Crippen molar-refractivity contribution in [3.8, 4) is 11.4 Å². The second-order valence-corrected chi connectivity index (χ2v) is 6.03. The van der Waals surface area contributed by atoms with Gasteiger partial charge in [0.25, 0.3) is 0 Å². The summed E-state index contributed by atoms with van der Waals surface area (Å²) in [6.45, 7) is 2.17. The van der Waals surface area contributed by atoms with Crippen LogP contribution in [0.15, 0.2) is 30.7 Å². The van der Waals surface area contributed by atoms with Gasteiger partial charge in [-0.2, -0.15) is 0 Å². The molecule has 4 aromatic heterocycles. The van der Waals surface area contributed by atoms with Crippen LogP contribution in [0.1, 0.15) is 11.3 Å². The Kier molecular flexibility index (Phi) is 3.82. The summed E-state index contributed by atoms with van der Waals surface area (Å²) in [6, 6.07) is 3.13. The van der Waals surface area contributed by atoms with Gasteiger partial charge in [0.05, 0.1) is 6.61 Å². The normalized spacial score (nSPS) is 11.5. The summed E-state index contributed by atoms with van der Waals surface area (Å²) >= 11 is 6.04. The maximum atomic E-state index is 14.3. The number of halogens is 2. The molecule has 0 bridgehead atoms. The van der Waals surface area contributed by atoms with Gasteiger partial charge in [-0.05, 0) is 24.6 Å². The van der Waals surface area contributed by atoms with Gasteiger partial charge in [0.15, 0.2) is 17.3 Å². The third-order valence-electron chi connectivity index (χ3n) is 3.93. The fourth-order valence-electron chi connectivity index (χ4n) is 2.78. The molecule has 0 atom stereocenters. The molecule has 0 aliphatic rings. The van der Waals surface area contributed by atoms with Crippen molar-refractivity contribution >= 4 is 28.0 Å². The monoisotopic (exact) mass is 357 g/mol. The molecule has 0 amide bonds. The topological polar surface area (TPSA) is 65.2 Å². The minimum absolute atomic E-state index is 0.142. The molecule has 0 saturated heterocycles. The van der Waals surface area contributed by atoms with E-state index in [-0.39, 0.29) is 5.65 Å². The van der Waals surface area contributed by atoms with Gasteiger partial charge in [0, 0.05) is 47.7 Å². The van der Waals surface area contributed by atoms with Crippen LogP contribution in [-0.4, -0.2) is 31.7 Å². The van der Waals surface area contributed by atoms with Gasteiger partial charge in [0.1, 0.15) is 5.15 Å². The molecule has 0 aromatic carbocycles. The molecule has 0 spiro atoms. The zero-order chi connectivity index (χ0) is 17.6. The zero-order valence-corrected chi connectivity index (χ0v) is 14.3. The van der Waals surface area contributed by atoms with Crippen LogP contribution in [0.2, 0.25) is 5.15 Å². The van der Waals surface area contributed by atoms with E-state index >= 15 is 0 Å². The molecule has 0 fully saturated rings. The number of hydrogen-bond donors (Lipinski definition) is 0. The molecule has 6 nitrogen and oxygen atoms in total. The highest BCUT2D eigenvalue weighted by molar-refractivity contribution is 6.30. The van der Waals surface area contributed by atoms with Crippen LogP contribution in [0.3, 0.4) is 0 Å². The lowest BCUT2D eigenvalue weighted by molar-refractivity contribution is 0.184. The van der Waals surface area contributed by atoms with Gasteiger partial charge < -0.3 is 4.74 Å². The van der Waals surface area contributed by atoms with Crippen LogP contribution in [-0.2, 0) is 11.3 Å². The summed E-state index contributed by atoms with van der Waals surface area (Å²) in [4.78, 5) is 12.8. The lowest BCUT2D eigenvalue weighted by Crippen LogP contribution is -1.96. The van der Waals surface area contributed by atoms with Crippen LogP contribution in [0, 0.1) is 12.7 Å². The highest BCUT2D eigenvalue weighted by Gasteiger charge is 2.15. The molecule has 0 N–H and O–H groups in total. The lowest BCUT2D eigenvalue weighted by Gasteiger charge is -2.05. The number of aryl methyl sites for hydroxylation is 1. The van der Waals surface area contributed by atoms with Gasteiger partial charge in [-0.25, -0.2) is 18.9 Å². The third-order valence-corrected chi connectivity index (χ3v) is 4.14. The zero-order valence-electron chi connectivity index (χ0n) is 13.5. The van der Waals surface area contributed by atoms with E-state index in [0.717, 1.165) is 16.5 Å². The van der Waals surface area contributed by atoms with E-state index in [1.165, 1.54) is 10.6 Å². The first kappa shape index (κ1) is 15.9. The maximum Gasteiger partial charge on any atom is 0.191 e. The Bertz CT molecular complexity index is 1110. The van der Waals surface area contributed by atoms with Gasteiger partial charge >= 0.3 is 0 Å². The molecular weight excluding hydrogens is 345 g/mol. The summed E-state index contributed by atoms with van der Waals surface area (Å²) in [6.07, 6.45) is 5.02. The van der Waals surface area contributed by atoms with Crippen LogP contribution < -0.4 is 0 Å². The second-order valence-electron chi connectivity index (χ2n) is 5.64. The van der Waals surface area contributed by atoms with E-state index in [1.54, 1.807) is 31.8 Å². The van der Waals surface area contributed by atoms with Crippen LogP contribution in [0.25, 0.3) is 27.8 Å². The molecule has 25 heavy (non-hydrogen) atoms. The van der Waals surface area contributed by atoms with E-state index in [2.05, 4.69) is 20.1 Å². The van der Waals surface area contributed by atoms with Crippen molar-refractivity contribution in [2.75, 3.05) is 7.11 Å². The quantitative estimate of drug-likeness (QED) is 0.524. The Balaban J connectivity index is 1.96. The molecule has 4 rings (SSSR count). The van der Waals surface area contributed by atoms with E-state index in [1.807, 2.05) is 6.92 Å². The number of pyridine rings is 3. The summed E-state index contributed by atoms with van der Waals surface area (Å²) in [5, 5.41) is 6.43. The average Bonchev–Trinajstić information content (AvgIpc) is 2.99. The fourth-order valence-corrected chi connectivity index (χ4v) is 2.94. The summed E-state index contributed by atoms with van der Waals surface area (Å²) in [5.74, 6) is -0.0920. The molecule has 4 heterocycles. The van der Waals surface area contributed by atoms with Crippen LogP contribution >= 0.6 is 11.6 Å². The fraction of sp³-hybridized carbons (Fsp3) is 0.176. The summed E-state index contributed by atoms with van der Waals surface area (Å²) in [5.41, 5.74) is 2.30. The lowest BCUT2D eigenvalue weighted by atomic mass is 10.1. The predicted molar refractivity (Wildman–Crippen MR) is 91.9 cm³/mol. The summed E-state index contributed by atoms with van der Waals surface area (Å²) in [7, 11) is 1.55. The van der Waals surface area contributed by atoms with E-state index in [4.69, 9.17) is 16.3 Å². The molecular formula is C17H13ClFN5O. The molecule has 4 aromatic rings. The van der Waals surface area contributed by atoms with E-state index in [9.17, 15) is 4.39 Å². The van der Waals surface area contributed by atoms with Crippen molar-refractivity contribution in [2.45, 2.75) is 13.5 Å². The first-order valence-electron chi connectivity index (χ1n) is 7.52. The predicted octanol–water partition coefficient (Wildman–Crippen LogP) is 3.59. The minimum Gasteiger partial charge on any atom is -0.380 e. The first-order chi connectivity index (χ1) is 12.1. The first-order valence-corrected chi connectivity index (χ1v) is 7.89. The Morgan fingerprint density at radius 2 is 2.04 bits per heavy atom. The number of hydrogen-bond acceptors (Lipinski definition) is 5. The number of nitrogens with zero attached hydrogens (tertiary/aromatic N) is 5. The molecule has 0 unspecified atom stereocenters. The molecule has 0 saturated carbocycles. The number of aromatic nitrogens is 5. The van der Waals surface area contributed by atoms with Gasteiger partial charge in [-0.3, -0.25) is 4.98 Å². The van der Waals surface area contributed by atoms with Crippen molar-refractivity contribution in [1.29, 1.82) is 0 Å². The van der Waals surface area contributed by atoms with Crippen molar-refractivity contribution in [3.63, 3.8) is 0 Å². The second kappa shape index (κ2) is 6.02. The molecule has 126 valence electrons. The van der Waals surface area contributed by atoms with Crippen molar-refractivity contribution in [2.24, 2.45) is 0 Å². The Morgan fingerprint density at radius 1 is 1.20 bits per heavy atom. The van der Waals surface area contributed by atoms with Crippen LogP contribution in [0.4, 0.5) is 4.39 Å². The van der Waals surface area contributed by atoms with Gasteiger partial charge in [-0.15, -0.1) is 5.10 Å². The Hall–Kier alpha value is -2.64. The summed E-state index contributed by atoms with van der Waals surface area (Å²) < 4.78 is 20.8. The SMILES string of the molecule is COCc1cc(F)c2nc(-c3cnc(C)c4cnc(Cl)cc34)nn2c1. The smallest absolute Gasteiger partial charge is 0.191 e. The number of methoxy groups -OCH3 is 1. The molecule has 0 radical (unpaired) electrons. The van der Waals surface area contributed by atoms with Crippen molar-refractivity contribution < 1.29 is 9.13 Å². The number of ether oxygens (including phenoxy) is 1. The molecule has 0 aliphatic carbocycles.